The van der Waals surface area contributed by atoms with Crippen molar-refractivity contribution in [3.8, 4) is 5.75 Å². The van der Waals surface area contributed by atoms with Gasteiger partial charge < -0.3 is 15.5 Å². The maximum Gasteiger partial charge on any atom is 0.263 e. The molecule has 8 heteroatoms. The quantitative estimate of drug-likeness (QED) is 0.760. The van der Waals surface area contributed by atoms with E-state index < -0.39 is 10.0 Å². The second kappa shape index (κ2) is 5.86. The van der Waals surface area contributed by atoms with Crippen LogP contribution in [-0.2, 0) is 16.6 Å². The van der Waals surface area contributed by atoms with E-state index in [4.69, 9.17) is 10.5 Å². The predicted octanol–water partition coefficient (Wildman–Crippen LogP) is 2.05. The van der Waals surface area contributed by atoms with Gasteiger partial charge in [0.2, 0.25) is 0 Å². The van der Waals surface area contributed by atoms with E-state index >= 15 is 0 Å². The molecule has 4 N–H and O–H groups in total. The van der Waals surface area contributed by atoms with Gasteiger partial charge >= 0.3 is 0 Å². The minimum Gasteiger partial charge on any atom is -0.497 e. The Morgan fingerprint density at radius 3 is 2.75 bits per heavy atom. The number of hydrogen-bond donors (Lipinski definition) is 3. The molecule has 0 unspecified atom stereocenters. The highest BCUT2D eigenvalue weighted by atomic mass is 79.9. The van der Waals surface area contributed by atoms with Gasteiger partial charge in [-0.05, 0) is 34.1 Å². The minimum absolute atomic E-state index is 0.132. The molecule has 6 nitrogen and oxygen atoms in total. The van der Waals surface area contributed by atoms with Crippen molar-refractivity contribution in [3.05, 3.63) is 40.6 Å². The number of sulfonamides is 1. The van der Waals surface area contributed by atoms with Crippen molar-refractivity contribution in [3.63, 3.8) is 0 Å². The highest BCUT2D eigenvalue weighted by molar-refractivity contribution is 9.10. The summed E-state index contributed by atoms with van der Waals surface area (Å²) >= 11 is 3.29. The molecule has 0 aliphatic rings. The Morgan fingerprint density at radius 2 is 2.15 bits per heavy atom. The van der Waals surface area contributed by atoms with Crippen molar-refractivity contribution in [2.75, 3.05) is 11.8 Å². The fraction of sp³-hybridized carbons (Fsp3) is 0.167. The number of benzene rings is 1. The summed E-state index contributed by atoms with van der Waals surface area (Å²) in [5.41, 5.74) is 6.50. The first-order valence-corrected chi connectivity index (χ1v) is 7.97. The molecule has 0 spiro atoms. The molecule has 0 aliphatic heterocycles. The first-order chi connectivity index (χ1) is 9.46. The largest absolute Gasteiger partial charge is 0.497 e. The van der Waals surface area contributed by atoms with Gasteiger partial charge in [-0.25, -0.2) is 8.42 Å². The number of aromatic nitrogens is 1. The zero-order chi connectivity index (χ0) is 14.8. The van der Waals surface area contributed by atoms with Gasteiger partial charge in [0.1, 0.15) is 10.6 Å². The SMILES string of the molecule is COc1ccc(Br)c(NS(=O)(=O)c2c[nH]c(CN)c2)c1. The number of methoxy groups -OCH3 is 1. The Balaban J connectivity index is 2.32. The lowest BCUT2D eigenvalue weighted by Crippen LogP contribution is -2.12. The highest BCUT2D eigenvalue weighted by Gasteiger charge is 2.17. The van der Waals surface area contributed by atoms with Gasteiger partial charge in [-0.1, -0.05) is 0 Å². The molecule has 0 fully saturated rings. The van der Waals surface area contributed by atoms with Crippen LogP contribution in [0.4, 0.5) is 5.69 Å². The van der Waals surface area contributed by atoms with Crippen molar-refractivity contribution in [1.29, 1.82) is 0 Å². The monoisotopic (exact) mass is 359 g/mol. The van der Waals surface area contributed by atoms with E-state index in [2.05, 4.69) is 25.6 Å². The van der Waals surface area contributed by atoms with E-state index in [-0.39, 0.29) is 11.4 Å². The number of nitrogens with one attached hydrogen (secondary N) is 2. The van der Waals surface area contributed by atoms with E-state index in [1.54, 1.807) is 18.2 Å². The molecule has 2 rings (SSSR count). The van der Waals surface area contributed by atoms with Gasteiger partial charge in [-0.2, -0.15) is 0 Å². The summed E-state index contributed by atoms with van der Waals surface area (Å²) in [5.74, 6) is 0.558. The third-order valence-electron chi connectivity index (χ3n) is 2.66. The maximum absolute atomic E-state index is 12.2. The molecule has 20 heavy (non-hydrogen) atoms. The normalized spacial score (nSPS) is 11.3. The zero-order valence-corrected chi connectivity index (χ0v) is 13.1. The summed E-state index contributed by atoms with van der Waals surface area (Å²) in [6, 6.07) is 6.53. The maximum atomic E-state index is 12.2. The zero-order valence-electron chi connectivity index (χ0n) is 10.7. The van der Waals surface area contributed by atoms with Crippen LogP contribution in [0.2, 0.25) is 0 Å². The number of halogens is 1. The molecule has 0 atom stereocenters. The molecule has 0 saturated heterocycles. The molecule has 0 aliphatic carbocycles. The Bertz CT molecular complexity index is 712. The first-order valence-electron chi connectivity index (χ1n) is 5.70. The second-order valence-electron chi connectivity index (χ2n) is 4.02. The third-order valence-corrected chi connectivity index (χ3v) is 4.70. The van der Waals surface area contributed by atoms with Gasteiger partial charge in [0.15, 0.2) is 0 Å². The smallest absolute Gasteiger partial charge is 0.263 e. The lowest BCUT2D eigenvalue weighted by Gasteiger charge is -2.10. The number of aromatic amines is 1. The van der Waals surface area contributed by atoms with Gasteiger partial charge in [-0.15, -0.1) is 0 Å². The van der Waals surface area contributed by atoms with E-state index in [0.717, 1.165) is 0 Å². The summed E-state index contributed by atoms with van der Waals surface area (Å²) in [4.78, 5) is 2.94. The van der Waals surface area contributed by atoms with Crippen molar-refractivity contribution in [2.45, 2.75) is 11.4 Å². The van der Waals surface area contributed by atoms with Crippen LogP contribution in [0.25, 0.3) is 0 Å². The molecule has 1 aromatic carbocycles. The third kappa shape index (κ3) is 3.14. The van der Waals surface area contributed by atoms with Gasteiger partial charge in [0, 0.05) is 29.0 Å². The number of anilines is 1. The van der Waals surface area contributed by atoms with Crippen LogP contribution in [0.1, 0.15) is 5.69 Å². The molecule has 1 aromatic heterocycles. The Kier molecular flexibility index (Phi) is 4.36. The average molecular weight is 360 g/mol. The van der Waals surface area contributed by atoms with Gasteiger partial charge in [-0.3, -0.25) is 4.72 Å². The number of nitrogens with two attached hydrogens (primary N) is 1. The minimum atomic E-state index is -3.67. The predicted molar refractivity (Wildman–Crippen MR) is 80.2 cm³/mol. The summed E-state index contributed by atoms with van der Waals surface area (Å²) in [6.45, 7) is 0.248. The average Bonchev–Trinajstić information content (AvgIpc) is 2.91. The van der Waals surface area contributed by atoms with E-state index in [1.807, 2.05) is 0 Å². The molecule has 2 aromatic rings. The van der Waals surface area contributed by atoms with Crippen molar-refractivity contribution < 1.29 is 13.2 Å². The lowest BCUT2D eigenvalue weighted by atomic mass is 10.3. The van der Waals surface area contributed by atoms with E-state index in [1.165, 1.54) is 19.4 Å². The molecule has 1 heterocycles. The van der Waals surface area contributed by atoms with E-state index in [9.17, 15) is 8.42 Å². The van der Waals surface area contributed by atoms with Crippen LogP contribution in [0.15, 0.2) is 39.8 Å². The highest BCUT2D eigenvalue weighted by Crippen LogP contribution is 2.29. The van der Waals surface area contributed by atoms with Crippen LogP contribution in [-0.4, -0.2) is 20.5 Å². The van der Waals surface area contributed by atoms with E-state index in [0.29, 0.717) is 21.6 Å². The first kappa shape index (κ1) is 14.9. The summed E-state index contributed by atoms with van der Waals surface area (Å²) < 4.78 is 32.7. The van der Waals surface area contributed by atoms with Crippen LogP contribution in [0.3, 0.4) is 0 Å². The van der Waals surface area contributed by atoms with Crippen LogP contribution in [0, 0.1) is 0 Å². The molecule has 108 valence electrons. The number of H-pyrrole nitrogens is 1. The summed E-state index contributed by atoms with van der Waals surface area (Å²) in [5, 5.41) is 0. The summed E-state index contributed by atoms with van der Waals surface area (Å²) in [7, 11) is -2.16. The molecular formula is C12H14BrN3O3S. The van der Waals surface area contributed by atoms with Crippen molar-refractivity contribution >= 4 is 31.6 Å². The standard InChI is InChI=1S/C12H14BrN3O3S/c1-19-9-2-3-11(13)12(5-9)16-20(17,18)10-4-8(6-14)15-7-10/h2-5,7,15-16H,6,14H2,1H3. The number of ether oxygens (including phenoxy) is 1. The second-order valence-corrected chi connectivity index (χ2v) is 6.55. The molecule has 0 amide bonds. The van der Waals surface area contributed by atoms with Crippen molar-refractivity contribution in [2.24, 2.45) is 5.73 Å². The van der Waals surface area contributed by atoms with Crippen LogP contribution in [0.5, 0.6) is 5.75 Å². The Morgan fingerprint density at radius 1 is 1.40 bits per heavy atom. The Hall–Kier alpha value is -1.51. The molecule has 0 radical (unpaired) electrons. The topological polar surface area (TPSA) is 97.2 Å². The Labute approximate surface area is 125 Å². The van der Waals surface area contributed by atoms with Gasteiger partial charge in [0.25, 0.3) is 10.0 Å². The van der Waals surface area contributed by atoms with Crippen molar-refractivity contribution in [1.82, 2.24) is 4.98 Å². The number of rotatable bonds is 5. The van der Waals surface area contributed by atoms with Gasteiger partial charge in [0.05, 0.1) is 12.8 Å². The van der Waals surface area contributed by atoms with Crippen LogP contribution < -0.4 is 15.2 Å². The fourth-order valence-corrected chi connectivity index (χ4v) is 3.17. The molecular weight excluding hydrogens is 346 g/mol. The lowest BCUT2D eigenvalue weighted by molar-refractivity contribution is 0.415. The summed E-state index contributed by atoms with van der Waals surface area (Å²) in [6.07, 6.45) is 1.40. The number of hydrogen-bond acceptors (Lipinski definition) is 4. The fourth-order valence-electron chi connectivity index (χ4n) is 1.61. The van der Waals surface area contributed by atoms with Crippen LogP contribution >= 0.6 is 15.9 Å². The molecule has 0 saturated carbocycles. The molecule has 0 bridgehead atoms.